The van der Waals surface area contributed by atoms with Crippen LogP contribution < -0.4 is 4.89 Å². The molecule has 1 N–H and O–H groups in total. The zero-order valence-electron chi connectivity index (χ0n) is 24.7. The Morgan fingerprint density at radius 3 is 1.37 bits per heavy atom. The summed E-state index contributed by atoms with van der Waals surface area (Å²) in [7, 11) is -13.4. The summed E-state index contributed by atoms with van der Waals surface area (Å²) in [5.41, 5.74) is 0. The number of aliphatic hydroxyl groups is 1. The molecule has 1 heterocycles. The van der Waals surface area contributed by atoms with Crippen LogP contribution in [0.1, 0.15) is 0 Å². The topological polar surface area (TPSA) is 116 Å². The van der Waals surface area contributed by atoms with E-state index in [1.54, 1.807) is 0 Å². The molecule has 0 bridgehead atoms. The molecule has 0 radical (unpaired) electrons. The highest BCUT2D eigenvalue weighted by atomic mass is 31.2. The van der Waals surface area contributed by atoms with Crippen LogP contribution >= 0.6 is 7.82 Å². The van der Waals surface area contributed by atoms with Crippen LogP contribution in [0, 0.1) is 0 Å². The Morgan fingerprint density at radius 2 is 1.06 bits per heavy atom. The molecule has 1 saturated heterocycles. The standard InChI is InChI=1S/C14H34O5Si3.C6H19O4PSi2/c1-20(2,3)16-10-11-12(18-21(4,5)6)13(14(15)17-11)19-22(7,8)9;1-12(2,3)9-11(7,8)10-13(4,5)6/h11-15H,10H2,1-9H3;1-6H3,(H,7,8)/p-1/t11-,12-,13-,14?;/m1./s1. The van der Waals surface area contributed by atoms with E-state index < -0.39 is 61.8 Å². The van der Waals surface area contributed by atoms with Crippen molar-refractivity contribution in [3.05, 3.63) is 0 Å². The summed E-state index contributed by atoms with van der Waals surface area (Å²) < 4.78 is 45.4. The first-order valence-electron chi connectivity index (χ1n) is 12.1. The molecule has 1 unspecified atom stereocenters. The van der Waals surface area contributed by atoms with Crippen LogP contribution in [0.3, 0.4) is 0 Å². The van der Waals surface area contributed by atoms with Gasteiger partial charge in [-0.25, -0.2) is 0 Å². The third-order valence-electron chi connectivity index (χ3n) is 3.72. The maximum Gasteiger partial charge on any atom is 0.248 e. The molecular formula is C20H52O9PSi5-. The summed E-state index contributed by atoms with van der Waals surface area (Å²) in [5, 5.41) is 10.3. The molecule has 0 spiro atoms. The number of rotatable bonds is 11. The van der Waals surface area contributed by atoms with Gasteiger partial charge in [0.1, 0.15) is 18.3 Å². The Morgan fingerprint density at radius 1 is 0.686 bits per heavy atom. The quantitative estimate of drug-likeness (QED) is 0.251. The Bertz CT molecular complexity index is 674. The van der Waals surface area contributed by atoms with Crippen LogP contribution in [-0.4, -0.2) is 77.9 Å². The molecule has 0 aliphatic carbocycles. The largest absolute Gasteiger partial charge is 0.757 e. The van der Waals surface area contributed by atoms with Gasteiger partial charge >= 0.3 is 0 Å². The third kappa shape index (κ3) is 18.8. The highest BCUT2D eigenvalue weighted by Gasteiger charge is 2.48. The lowest BCUT2D eigenvalue weighted by Crippen LogP contribution is -2.49. The number of aliphatic hydroxyl groups excluding tert-OH is 1. The monoisotopic (exact) mass is 607 g/mol. The lowest BCUT2D eigenvalue weighted by atomic mass is 10.1. The van der Waals surface area contributed by atoms with Gasteiger partial charge in [-0.2, -0.15) is 0 Å². The van der Waals surface area contributed by atoms with Gasteiger partial charge in [0.2, 0.25) is 7.82 Å². The Balaban J connectivity index is 0.000000761. The summed E-state index contributed by atoms with van der Waals surface area (Å²) in [6, 6.07) is 0. The summed E-state index contributed by atoms with van der Waals surface area (Å²) in [5.74, 6) is 0. The van der Waals surface area contributed by atoms with E-state index in [0.717, 1.165) is 0 Å². The number of ether oxygens (including phenoxy) is 1. The molecule has 212 valence electrons. The van der Waals surface area contributed by atoms with Gasteiger partial charge in [-0.3, -0.25) is 4.57 Å². The Labute approximate surface area is 219 Å². The molecule has 0 aromatic rings. The fourth-order valence-corrected chi connectivity index (χ4v) is 11.6. The first-order chi connectivity index (χ1) is 15.1. The maximum atomic E-state index is 11.3. The molecule has 0 saturated carbocycles. The van der Waals surface area contributed by atoms with Crippen molar-refractivity contribution in [2.24, 2.45) is 0 Å². The van der Waals surface area contributed by atoms with Gasteiger partial charge in [0, 0.05) is 0 Å². The SMILES string of the molecule is C[Si](C)(C)OC[C@H]1OC(O)[C@H](O[Si](C)(C)C)[C@@H]1O[Si](C)(C)C.C[Si](C)(C)OP(=O)([O-])O[Si](C)(C)C. The molecule has 1 rings (SSSR count). The van der Waals surface area contributed by atoms with E-state index in [2.05, 4.69) is 58.9 Å². The van der Waals surface area contributed by atoms with Crippen LogP contribution in [0.25, 0.3) is 0 Å². The van der Waals surface area contributed by atoms with E-state index in [4.69, 9.17) is 26.4 Å². The lowest BCUT2D eigenvalue weighted by Gasteiger charge is -2.34. The maximum absolute atomic E-state index is 11.3. The Hall–Kier alpha value is 0.994. The smallest absolute Gasteiger partial charge is 0.248 e. The predicted octanol–water partition coefficient (Wildman–Crippen LogP) is 5.15. The van der Waals surface area contributed by atoms with E-state index in [1.165, 1.54) is 0 Å². The van der Waals surface area contributed by atoms with E-state index in [-0.39, 0.29) is 12.2 Å². The van der Waals surface area contributed by atoms with E-state index >= 15 is 0 Å². The van der Waals surface area contributed by atoms with Crippen molar-refractivity contribution in [2.75, 3.05) is 6.61 Å². The van der Waals surface area contributed by atoms with Crippen molar-refractivity contribution in [2.45, 2.75) is 123 Å². The van der Waals surface area contributed by atoms with Gasteiger partial charge in [0.25, 0.3) is 0 Å². The van der Waals surface area contributed by atoms with Crippen LogP contribution in [0.4, 0.5) is 0 Å². The molecule has 1 aliphatic rings. The number of phosphoric acid groups is 1. The zero-order chi connectivity index (χ0) is 28.3. The van der Waals surface area contributed by atoms with Gasteiger partial charge in [-0.05, 0) is 98.2 Å². The highest BCUT2D eigenvalue weighted by Crippen LogP contribution is 2.44. The van der Waals surface area contributed by atoms with Crippen LogP contribution in [0.15, 0.2) is 0 Å². The molecule has 15 heteroatoms. The average molecular weight is 608 g/mol. The minimum absolute atomic E-state index is 0.259. The van der Waals surface area contributed by atoms with E-state index in [0.29, 0.717) is 6.61 Å². The molecule has 1 fully saturated rings. The molecule has 0 aromatic carbocycles. The summed E-state index contributed by atoms with van der Waals surface area (Å²) in [4.78, 5) is 11.3. The van der Waals surface area contributed by atoms with Crippen molar-refractivity contribution < 1.29 is 41.0 Å². The fourth-order valence-electron chi connectivity index (χ4n) is 2.95. The number of hydrogen-bond donors (Lipinski definition) is 1. The second-order valence-electron chi connectivity index (χ2n) is 13.7. The molecule has 1 aliphatic heterocycles. The van der Waals surface area contributed by atoms with Crippen molar-refractivity contribution >= 4 is 49.4 Å². The summed E-state index contributed by atoms with van der Waals surface area (Å²) >= 11 is 0. The third-order valence-corrected chi connectivity index (χ3v) is 12.9. The van der Waals surface area contributed by atoms with Crippen molar-refractivity contribution in [1.82, 2.24) is 0 Å². The van der Waals surface area contributed by atoms with Gasteiger partial charge in [-0.1, -0.05) is 0 Å². The average Bonchev–Trinajstić information content (AvgIpc) is 2.73. The molecule has 4 atom stereocenters. The predicted molar refractivity (Wildman–Crippen MR) is 153 cm³/mol. The minimum Gasteiger partial charge on any atom is -0.757 e. The van der Waals surface area contributed by atoms with Crippen molar-refractivity contribution in [3.8, 4) is 0 Å². The first-order valence-corrected chi connectivity index (χ1v) is 30.7. The first kappa shape index (κ1) is 36.0. The normalized spacial score (nSPS) is 24.8. The fraction of sp³-hybridized carbons (Fsp3) is 1.00. The van der Waals surface area contributed by atoms with Gasteiger partial charge < -0.3 is 36.4 Å². The van der Waals surface area contributed by atoms with Gasteiger partial charge in [0.05, 0.1) is 6.61 Å². The van der Waals surface area contributed by atoms with E-state index in [9.17, 15) is 14.6 Å². The lowest BCUT2D eigenvalue weighted by molar-refractivity contribution is -0.210. The molecular weight excluding hydrogens is 556 g/mol. The highest BCUT2D eigenvalue weighted by molar-refractivity contribution is 7.49. The van der Waals surface area contributed by atoms with Crippen molar-refractivity contribution in [1.29, 1.82) is 0 Å². The van der Waals surface area contributed by atoms with Crippen molar-refractivity contribution in [3.63, 3.8) is 0 Å². The van der Waals surface area contributed by atoms with Crippen LogP contribution in [0.2, 0.25) is 98.2 Å². The van der Waals surface area contributed by atoms with Crippen LogP contribution in [-0.2, 0) is 31.0 Å². The zero-order valence-corrected chi connectivity index (χ0v) is 30.6. The van der Waals surface area contributed by atoms with Gasteiger partial charge in [-0.15, -0.1) is 0 Å². The molecule has 9 nitrogen and oxygen atoms in total. The van der Waals surface area contributed by atoms with Gasteiger partial charge in [0.15, 0.2) is 47.9 Å². The summed E-state index contributed by atoms with van der Waals surface area (Å²) in [6.45, 7) is 30.5. The minimum atomic E-state index is -4.06. The second-order valence-corrected chi connectivity index (χ2v) is 38.0. The molecule has 0 amide bonds. The molecule has 0 aromatic heterocycles. The molecule has 35 heavy (non-hydrogen) atoms. The van der Waals surface area contributed by atoms with E-state index in [1.807, 2.05) is 39.3 Å². The Kier molecular flexibility index (Phi) is 13.3. The second kappa shape index (κ2) is 12.9. The van der Waals surface area contributed by atoms with Crippen LogP contribution in [0.5, 0.6) is 0 Å². The number of hydrogen-bond acceptors (Lipinski definition) is 9. The summed E-state index contributed by atoms with van der Waals surface area (Å²) in [6.07, 6.45) is -1.89.